The molecule has 1 aromatic heterocycles. The molecule has 0 saturated heterocycles. The van der Waals surface area contributed by atoms with Gasteiger partial charge in [0.1, 0.15) is 11.0 Å². The lowest BCUT2D eigenvalue weighted by Crippen LogP contribution is -2.14. The van der Waals surface area contributed by atoms with Crippen molar-refractivity contribution in [3.8, 4) is 0 Å². The first-order valence-electron chi connectivity index (χ1n) is 5.82. The lowest BCUT2D eigenvalue weighted by atomic mass is 10.2. The van der Waals surface area contributed by atoms with Crippen LogP contribution < -0.4 is 0 Å². The van der Waals surface area contributed by atoms with Crippen molar-refractivity contribution in [2.45, 2.75) is 11.8 Å². The molecule has 0 radical (unpaired) electrons. The Balaban J connectivity index is 2.21. The molecule has 3 aromatic rings. The largest absolute Gasteiger partial charge is 0.284 e. The second-order valence-electron chi connectivity index (χ2n) is 4.38. The van der Waals surface area contributed by atoms with Crippen LogP contribution in [-0.4, -0.2) is 22.8 Å². The summed E-state index contributed by atoms with van der Waals surface area (Å²) in [6.07, 6.45) is 0. The highest BCUT2D eigenvalue weighted by Crippen LogP contribution is 2.21. The zero-order chi connectivity index (χ0) is 14.3. The molecule has 3 rings (SSSR count). The van der Waals surface area contributed by atoms with Gasteiger partial charge in [0.2, 0.25) is 0 Å². The molecule has 0 atom stereocenters. The van der Waals surface area contributed by atoms with Crippen LogP contribution in [0.4, 0.5) is 0 Å². The van der Waals surface area contributed by atoms with Gasteiger partial charge in [-0.3, -0.25) is 0 Å². The minimum atomic E-state index is -3.75. The summed E-state index contributed by atoms with van der Waals surface area (Å²) in [7, 11) is -3.75. The van der Waals surface area contributed by atoms with Crippen molar-refractivity contribution in [1.82, 2.24) is 14.4 Å². The van der Waals surface area contributed by atoms with Crippen molar-refractivity contribution < 1.29 is 8.42 Å². The Morgan fingerprint density at radius 2 is 1.80 bits per heavy atom. The summed E-state index contributed by atoms with van der Waals surface area (Å²) in [6.45, 7) is 1.89. The molecule has 0 unspecified atom stereocenters. The third-order valence-electron chi connectivity index (χ3n) is 2.92. The van der Waals surface area contributed by atoms with E-state index in [-0.39, 0.29) is 4.90 Å². The first-order valence-corrected chi connectivity index (χ1v) is 7.63. The number of benzene rings is 2. The monoisotopic (exact) mass is 307 g/mol. The fourth-order valence-corrected chi connectivity index (χ4v) is 3.26. The number of rotatable bonds is 2. The summed E-state index contributed by atoms with van der Waals surface area (Å²) in [5.41, 5.74) is 1.82. The van der Waals surface area contributed by atoms with Gasteiger partial charge < -0.3 is 0 Å². The SMILES string of the molecule is Cc1ccc(S(=O)(=O)n2nnc3cc(Cl)ccc32)cc1. The summed E-state index contributed by atoms with van der Waals surface area (Å²) in [5.74, 6) is 0. The lowest BCUT2D eigenvalue weighted by molar-refractivity contribution is 0.579. The molecule has 0 aliphatic carbocycles. The van der Waals surface area contributed by atoms with E-state index in [1.165, 1.54) is 0 Å². The molecule has 20 heavy (non-hydrogen) atoms. The van der Waals surface area contributed by atoms with Gasteiger partial charge in [-0.05, 0) is 37.3 Å². The zero-order valence-electron chi connectivity index (χ0n) is 10.5. The van der Waals surface area contributed by atoms with Gasteiger partial charge in [-0.1, -0.05) is 34.5 Å². The van der Waals surface area contributed by atoms with E-state index in [9.17, 15) is 8.42 Å². The highest BCUT2D eigenvalue weighted by atomic mass is 35.5. The highest BCUT2D eigenvalue weighted by molar-refractivity contribution is 7.90. The molecule has 5 nitrogen and oxygen atoms in total. The van der Waals surface area contributed by atoms with E-state index in [1.54, 1.807) is 42.5 Å². The van der Waals surface area contributed by atoms with Gasteiger partial charge in [-0.25, -0.2) is 0 Å². The van der Waals surface area contributed by atoms with E-state index in [4.69, 9.17) is 11.6 Å². The number of hydrogen-bond donors (Lipinski definition) is 0. The first kappa shape index (κ1) is 13.1. The van der Waals surface area contributed by atoms with Crippen molar-refractivity contribution >= 4 is 32.7 Å². The molecule has 0 bridgehead atoms. The van der Waals surface area contributed by atoms with Crippen LogP contribution in [0.2, 0.25) is 5.02 Å². The van der Waals surface area contributed by atoms with Crippen molar-refractivity contribution in [2.24, 2.45) is 0 Å². The van der Waals surface area contributed by atoms with Crippen LogP contribution in [0, 0.1) is 6.92 Å². The fraction of sp³-hybridized carbons (Fsp3) is 0.0769. The summed E-state index contributed by atoms with van der Waals surface area (Å²) in [6, 6.07) is 11.3. The van der Waals surface area contributed by atoms with Crippen molar-refractivity contribution in [3.63, 3.8) is 0 Å². The van der Waals surface area contributed by atoms with Gasteiger partial charge in [-0.15, -0.1) is 9.19 Å². The maximum atomic E-state index is 12.5. The predicted octanol–water partition coefficient (Wildman–Crippen LogP) is 2.63. The first-order chi connectivity index (χ1) is 9.48. The molecule has 0 N–H and O–H groups in total. The van der Waals surface area contributed by atoms with E-state index in [1.807, 2.05) is 6.92 Å². The number of nitrogens with zero attached hydrogens (tertiary/aromatic N) is 3. The quantitative estimate of drug-likeness (QED) is 0.730. The molecule has 1 heterocycles. The molecule has 0 fully saturated rings. The third-order valence-corrected chi connectivity index (χ3v) is 4.75. The van der Waals surface area contributed by atoms with E-state index in [0.717, 1.165) is 9.65 Å². The van der Waals surface area contributed by atoms with Crippen molar-refractivity contribution in [3.05, 3.63) is 53.1 Å². The second kappa shape index (κ2) is 4.57. The van der Waals surface area contributed by atoms with Crippen LogP contribution in [0.5, 0.6) is 0 Å². The molecule has 102 valence electrons. The molecule has 0 spiro atoms. The summed E-state index contributed by atoms with van der Waals surface area (Å²) in [4.78, 5) is 0.171. The van der Waals surface area contributed by atoms with Crippen LogP contribution >= 0.6 is 11.6 Å². The van der Waals surface area contributed by atoms with Crippen LogP contribution in [-0.2, 0) is 10.0 Å². The number of aromatic nitrogens is 3. The Labute approximate surface area is 120 Å². The Morgan fingerprint density at radius 3 is 2.50 bits per heavy atom. The zero-order valence-corrected chi connectivity index (χ0v) is 12.1. The average Bonchev–Trinajstić information content (AvgIpc) is 2.82. The molecular formula is C13H10ClN3O2S. The molecule has 0 amide bonds. The average molecular weight is 308 g/mol. The maximum Gasteiger partial charge on any atom is 0.284 e. The normalized spacial score (nSPS) is 11.9. The Kier molecular flexibility index (Phi) is 2.99. The summed E-state index contributed by atoms with van der Waals surface area (Å²) in [5, 5.41) is 8.05. The van der Waals surface area contributed by atoms with Crippen LogP contribution in [0.3, 0.4) is 0 Å². The van der Waals surface area contributed by atoms with Gasteiger partial charge in [0.25, 0.3) is 10.0 Å². The van der Waals surface area contributed by atoms with E-state index >= 15 is 0 Å². The van der Waals surface area contributed by atoms with Crippen LogP contribution in [0.25, 0.3) is 11.0 Å². The van der Waals surface area contributed by atoms with Crippen LogP contribution in [0.15, 0.2) is 47.4 Å². The van der Waals surface area contributed by atoms with E-state index in [2.05, 4.69) is 10.3 Å². The van der Waals surface area contributed by atoms with Gasteiger partial charge in [0.05, 0.1) is 4.90 Å². The van der Waals surface area contributed by atoms with Crippen molar-refractivity contribution in [2.75, 3.05) is 0 Å². The van der Waals surface area contributed by atoms with Gasteiger partial charge >= 0.3 is 0 Å². The second-order valence-corrected chi connectivity index (χ2v) is 6.59. The topological polar surface area (TPSA) is 64.8 Å². The predicted molar refractivity (Wildman–Crippen MR) is 76.3 cm³/mol. The van der Waals surface area contributed by atoms with E-state index in [0.29, 0.717) is 16.1 Å². The third kappa shape index (κ3) is 2.07. The minimum Gasteiger partial charge on any atom is -0.199 e. The molecule has 2 aromatic carbocycles. The molecule has 7 heteroatoms. The molecule has 0 saturated carbocycles. The molecular weight excluding hydrogens is 298 g/mol. The number of aryl methyl sites for hydroxylation is 1. The Morgan fingerprint density at radius 1 is 1.10 bits per heavy atom. The lowest BCUT2D eigenvalue weighted by Gasteiger charge is -2.05. The number of hydrogen-bond acceptors (Lipinski definition) is 4. The van der Waals surface area contributed by atoms with Gasteiger partial charge in [-0.2, -0.15) is 8.42 Å². The maximum absolute atomic E-state index is 12.5. The van der Waals surface area contributed by atoms with Gasteiger partial charge in [0, 0.05) is 5.02 Å². The van der Waals surface area contributed by atoms with Crippen LogP contribution in [0.1, 0.15) is 5.56 Å². The molecule has 0 aliphatic rings. The summed E-state index contributed by atoms with van der Waals surface area (Å²) < 4.78 is 26.0. The highest BCUT2D eigenvalue weighted by Gasteiger charge is 2.21. The van der Waals surface area contributed by atoms with Gasteiger partial charge in [0.15, 0.2) is 0 Å². The Bertz CT molecular complexity index is 886. The minimum absolute atomic E-state index is 0.171. The van der Waals surface area contributed by atoms with E-state index < -0.39 is 10.0 Å². The number of halogens is 1. The molecule has 0 aliphatic heterocycles. The smallest absolute Gasteiger partial charge is 0.199 e. The summed E-state index contributed by atoms with van der Waals surface area (Å²) >= 11 is 5.85. The fourth-order valence-electron chi connectivity index (χ4n) is 1.86. The standard InChI is InChI=1S/C13H10ClN3O2S/c1-9-2-5-11(6-3-9)20(18,19)17-13-7-4-10(14)8-12(13)15-16-17/h2-8H,1H3. The Hall–Kier alpha value is -1.92. The van der Waals surface area contributed by atoms with Crippen molar-refractivity contribution in [1.29, 1.82) is 0 Å². The number of fused-ring (bicyclic) bond motifs is 1.